The number of anilines is 1. The zero-order chi connectivity index (χ0) is 17.2. The summed E-state index contributed by atoms with van der Waals surface area (Å²) < 4.78 is 7.59. The summed E-state index contributed by atoms with van der Waals surface area (Å²) in [6.07, 6.45) is 3.90. The van der Waals surface area contributed by atoms with Crippen LogP contribution >= 0.6 is 0 Å². The number of aryl methyl sites for hydroxylation is 2. The Morgan fingerprint density at radius 2 is 2.08 bits per heavy atom. The Hall–Kier alpha value is -2.34. The minimum atomic E-state index is 0.00683. The quantitative estimate of drug-likeness (QED) is 0.925. The molecule has 1 aromatic carbocycles. The van der Waals surface area contributed by atoms with E-state index in [1.54, 1.807) is 0 Å². The number of benzene rings is 1. The maximum atomic E-state index is 12.9. The first kappa shape index (κ1) is 16.1. The second kappa shape index (κ2) is 6.88. The molecule has 0 bridgehead atoms. The number of aromatic nitrogens is 2. The van der Waals surface area contributed by atoms with Crippen LogP contribution in [0.4, 0.5) is 5.69 Å². The molecule has 1 aromatic heterocycles. The molecule has 4 rings (SSSR count). The van der Waals surface area contributed by atoms with Crippen molar-refractivity contribution in [3.8, 4) is 0 Å². The van der Waals surface area contributed by atoms with Crippen LogP contribution < -0.4 is 10.2 Å². The van der Waals surface area contributed by atoms with Crippen molar-refractivity contribution in [2.75, 3.05) is 31.2 Å². The fourth-order valence-electron chi connectivity index (χ4n) is 3.71. The maximum Gasteiger partial charge on any atom is 0.253 e. The zero-order valence-corrected chi connectivity index (χ0v) is 14.6. The van der Waals surface area contributed by atoms with E-state index in [1.165, 1.54) is 0 Å². The van der Waals surface area contributed by atoms with Crippen molar-refractivity contribution in [1.82, 2.24) is 14.9 Å². The van der Waals surface area contributed by atoms with Crippen LogP contribution in [0.15, 0.2) is 30.5 Å². The van der Waals surface area contributed by atoms with E-state index in [2.05, 4.69) is 26.0 Å². The first-order valence-corrected chi connectivity index (χ1v) is 8.96. The van der Waals surface area contributed by atoms with Crippen LogP contribution in [0.2, 0.25) is 0 Å². The van der Waals surface area contributed by atoms with Gasteiger partial charge in [-0.05, 0) is 25.5 Å². The normalized spacial score (nSPS) is 20.2. The number of carbonyl (C=O) groups excluding carboxylic acids is 1. The molecular formula is C19H24N4O2. The van der Waals surface area contributed by atoms with Crippen LogP contribution in [-0.4, -0.2) is 47.8 Å². The van der Waals surface area contributed by atoms with E-state index >= 15 is 0 Å². The van der Waals surface area contributed by atoms with Crippen LogP contribution in [0.5, 0.6) is 0 Å². The van der Waals surface area contributed by atoms with Crippen molar-refractivity contribution in [2.24, 2.45) is 0 Å². The van der Waals surface area contributed by atoms with Crippen molar-refractivity contribution in [3.05, 3.63) is 47.5 Å². The predicted molar refractivity (Wildman–Crippen MR) is 96.0 cm³/mol. The summed E-state index contributed by atoms with van der Waals surface area (Å²) >= 11 is 0. The molecule has 0 unspecified atom stereocenters. The number of nitrogens with zero attached hydrogens (tertiary/aromatic N) is 3. The minimum Gasteiger partial charge on any atom is -0.378 e. The molecule has 2 aliphatic rings. The molecule has 6 nitrogen and oxygen atoms in total. The number of carbonyl (C=O) groups is 1. The number of nitrogens with one attached hydrogen (secondary N) is 1. The SMILES string of the molecule is Cc1cn2c(n1)CC[C@@H](NC(=O)c1ccccc1N1CCOCC1)C2. The van der Waals surface area contributed by atoms with Crippen molar-refractivity contribution >= 4 is 11.6 Å². The molecule has 1 fully saturated rings. The van der Waals surface area contributed by atoms with Crippen molar-refractivity contribution in [2.45, 2.75) is 32.4 Å². The molecule has 0 spiro atoms. The summed E-state index contributed by atoms with van der Waals surface area (Å²) in [5.41, 5.74) is 2.79. The van der Waals surface area contributed by atoms with Gasteiger partial charge in [0.2, 0.25) is 0 Å². The van der Waals surface area contributed by atoms with E-state index in [9.17, 15) is 4.79 Å². The number of ether oxygens (including phenoxy) is 1. The van der Waals surface area contributed by atoms with Gasteiger partial charge in [-0.3, -0.25) is 4.79 Å². The minimum absolute atomic E-state index is 0.00683. The Kier molecular flexibility index (Phi) is 4.44. The topological polar surface area (TPSA) is 59.4 Å². The lowest BCUT2D eigenvalue weighted by Crippen LogP contribution is -2.42. The van der Waals surface area contributed by atoms with Gasteiger partial charge in [0.25, 0.3) is 5.91 Å². The van der Waals surface area contributed by atoms with Crippen molar-refractivity contribution < 1.29 is 9.53 Å². The highest BCUT2D eigenvalue weighted by molar-refractivity contribution is 6.00. The highest BCUT2D eigenvalue weighted by Crippen LogP contribution is 2.22. The molecule has 2 aromatic rings. The van der Waals surface area contributed by atoms with E-state index in [0.717, 1.165) is 55.2 Å². The van der Waals surface area contributed by atoms with Crippen LogP contribution in [0.25, 0.3) is 0 Å². The summed E-state index contributed by atoms with van der Waals surface area (Å²) in [7, 11) is 0. The van der Waals surface area contributed by atoms with E-state index < -0.39 is 0 Å². The van der Waals surface area contributed by atoms with Gasteiger partial charge in [-0.25, -0.2) is 4.98 Å². The third kappa shape index (κ3) is 3.39. The van der Waals surface area contributed by atoms with E-state index in [1.807, 2.05) is 31.2 Å². The predicted octanol–water partition coefficient (Wildman–Crippen LogP) is 1.77. The number of hydrogen-bond donors (Lipinski definition) is 1. The van der Waals surface area contributed by atoms with Crippen LogP contribution in [0.3, 0.4) is 0 Å². The number of morpholine rings is 1. The first-order valence-electron chi connectivity index (χ1n) is 8.96. The van der Waals surface area contributed by atoms with Crippen molar-refractivity contribution in [3.63, 3.8) is 0 Å². The van der Waals surface area contributed by atoms with Gasteiger partial charge in [0, 0.05) is 44.0 Å². The van der Waals surface area contributed by atoms with Crippen molar-refractivity contribution in [1.29, 1.82) is 0 Å². The summed E-state index contributed by atoms with van der Waals surface area (Å²) in [5.74, 6) is 1.13. The summed E-state index contributed by atoms with van der Waals surface area (Å²) in [6.45, 7) is 5.87. The van der Waals surface area contributed by atoms with E-state index in [-0.39, 0.29) is 11.9 Å². The fourth-order valence-corrected chi connectivity index (χ4v) is 3.71. The van der Waals surface area contributed by atoms with Gasteiger partial charge in [-0.1, -0.05) is 12.1 Å². The van der Waals surface area contributed by atoms with E-state index in [4.69, 9.17) is 4.74 Å². The van der Waals surface area contributed by atoms with Gasteiger partial charge < -0.3 is 19.5 Å². The molecule has 0 saturated carbocycles. The molecule has 1 amide bonds. The number of para-hydroxylation sites is 1. The van der Waals surface area contributed by atoms with Crippen LogP contribution in [0.1, 0.15) is 28.3 Å². The highest BCUT2D eigenvalue weighted by Gasteiger charge is 2.24. The second-order valence-electron chi connectivity index (χ2n) is 6.78. The Bertz CT molecular complexity index is 765. The maximum absolute atomic E-state index is 12.9. The number of rotatable bonds is 3. The number of amides is 1. The lowest BCUT2D eigenvalue weighted by Gasteiger charge is -2.31. The molecule has 3 heterocycles. The summed E-state index contributed by atoms with van der Waals surface area (Å²) in [4.78, 5) is 19.7. The Balaban J connectivity index is 1.48. The zero-order valence-electron chi connectivity index (χ0n) is 14.6. The summed E-state index contributed by atoms with van der Waals surface area (Å²) in [5, 5.41) is 3.22. The average molecular weight is 340 g/mol. The van der Waals surface area contributed by atoms with Gasteiger partial charge in [-0.2, -0.15) is 0 Å². The molecule has 1 atom stereocenters. The number of imidazole rings is 1. The second-order valence-corrected chi connectivity index (χ2v) is 6.78. The standard InChI is InChI=1S/C19H24N4O2/c1-14-12-23-13-15(6-7-18(23)20-14)21-19(24)16-4-2-3-5-17(16)22-8-10-25-11-9-22/h2-5,12,15H,6-11,13H2,1H3,(H,21,24)/t15-/m1/s1. The molecule has 25 heavy (non-hydrogen) atoms. The smallest absolute Gasteiger partial charge is 0.253 e. The Morgan fingerprint density at radius 3 is 2.92 bits per heavy atom. The van der Waals surface area contributed by atoms with E-state index in [0.29, 0.717) is 13.2 Å². The highest BCUT2D eigenvalue weighted by atomic mass is 16.5. The molecule has 132 valence electrons. The third-order valence-corrected chi connectivity index (χ3v) is 4.95. The molecule has 0 aliphatic carbocycles. The molecule has 1 N–H and O–H groups in total. The number of fused-ring (bicyclic) bond motifs is 1. The monoisotopic (exact) mass is 340 g/mol. The lowest BCUT2D eigenvalue weighted by atomic mass is 10.1. The molecule has 6 heteroatoms. The molecule has 1 saturated heterocycles. The van der Waals surface area contributed by atoms with Crippen LogP contribution in [0, 0.1) is 6.92 Å². The Morgan fingerprint density at radius 1 is 1.28 bits per heavy atom. The summed E-state index contributed by atoms with van der Waals surface area (Å²) in [6, 6.07) is 8.00. The largest absolute Gasteiger partial charge is 0.378 e. The molecule has 2 aliphatic heterocycles. The number of hydrogen-bond acceptors (Lipinski definition) is 4. The van der Waals surface area contributed by atoms with Gasteiger partial charge >= 0.3 is 0 Å². The molecular weight excluding hydrogens is 316 g/mol. The fraction of sp³-hybridized carbons (Fsp3) is 0.474. The van der Waals surface area contributed by atoms with Gasteiger partial charge in [-0.15, -0.1) is 0 Å². The molecule has 0 radical (unpaired) electrons. The van der Waals surface area contributed by atoms with Crippen LogP contribution in [-0.2, 0) is 17.7 Å². The Labute approximate surface area is 147 Å². The first-order chi connectivity index (χ1) is 12.2. The van der Waals surface area contributed by atoms with Gasteiger partial charge in [0.15, 0.2) is 0 Å². The lowest BCUT2D eigenvalue weighted by molar-refractivity contribution is 0.0926. The van der Waals surface area contributed by atoms with Gasteiger partial charge in [0.05, 0.1) is 24.5 Å². The third-order valence-electron chi connectivity index (χ3n) is 4.95. The van der Waals surface area contributed by atoms with Gasteiger partial charge in [0.1, 0.15) is 5.82 Å². The average Bonchev–Trinajstić information content (AvgIpc) is 3.02.